The highest BCUT2D eigenvalue weighted by molar-refractivity contribution is 6.32. The lowest BCUT2D eigenvalue weighted by atomic mass is 10.0. The molecule has 0 atom stereocenters. The van der Waals surface area contributed by atoms with Gasteiger partial charge in [0.05, 0.1) is 17.6 Å². The zero-order valence-corrected chi connectivity index (χ0v) is 18.8. The van der Waals surface area contributed by atoms with Crippen molar-refractivity contribution in [1.29, 1.82) is 0 Å². The van der Waals surface area contributed by atoms with Gasteiger partial charge in [-0.1, -0.05) is 43.6 Å². The van der Waals surface area contributed by atoms with Gasteiger partial charge in [0, 0.05) is 29.8 Å². The van der Waals surface area contributed by atoms with Crippen molar-refractivity contribution >= 4 is 34.2 Å². The van der Waals surface area contributed by atoms with Crippen LogP contribution >= 0.6 is 11.6 Å². The molecule has 2 N–H and O–H groups in total. The number of halogens is 1. The number of amides is 1. The van der Waals surface area contributed by atoms with Gasteiger partial charge >= 0.3 is 5.69 Å². The van der Waals surface area contributed by atoms with Crippen LogP contribution in [0, 0.1) is 0 Å². The molecule has 0 radical (unpaired) electrons. The van der Waals surface area contributed by atoms with Crippen molar-refractivity contribution < 1.29 is 4.79 Å². The summed E-state index contributed by atoms with van der Waals surface area (Å²) in [6.45, 7) is 6.03. The Morgan fingerprint density at radius 2 is 1.87 bits per heavy atom. The second-order valence-electron chi connectivity index (χ2n) is 8.14. The van der Waals surface area contributed by atoms with E-state index in [4.69, 9.17) is 11.6 Å². The molecule has 0 unspecified atom stereocenters. The molecule has 2 heterocycles. The Hall–Kier alpha value is -2.57. The number of anilines is 1. The number of aromatic nitrogens is 2. The number of para-hydroxylation sites is 2. The maximum Gasteiger partial charge on any atom is 0.326 e. The number of rotatable bonds is 6. The average molecular weight is 441 g/mol. The van der Waals surface area contributed by atoms with Crippen molar-refractivity contribution in [2.24, 2.45) is 0 Å². The lowest BCUT2D eigenvalue weighted by Gasteiger charge is -2.32. The van der Waals surface area contributed by atoms with E-state index in [0.717, 1.165) is 66.6 Å². The van der Waals surface area contributed by atoms with Gasteiger partial charge in [0.1, 0.15) is 0 Å². The number of imidazole rings is 1. The van der Waals surface area contributed by atoms with Crippen LogP contribution in [0.5, 0.6) is 0 Å². The molecular weight excluding hydrogens is 412 g/mol. The summed E-state index contributed by atoms with van der Waals surface area (Å²) in [5, 5.41) is 3.81. The quantitative estimate of drug-likeness (QED) is 0.597. The number of fused-ring (bicyclic) bond motifs is 1. The van der Waals surface area contributed by atoms with E-state index in [9.17, 15) is 9.59 Å². The van der Waals surface area contributed by atoms with Crippen molar-refractivity contribution in [3.8, 4) is 0 Å². The van der Waals surface area contributed by atoms with Gasteiger partial charge in [0.2, 0.25) is 5.91 Å². The Labute approximate surface area is 187 Å². The van der Waals surface area contributed by atoms with E-state index in [1.807, 2.05) is 47.9 Å². The fourth-order valence-corrected chi connectivity index (χ4v) is 4.91. The Morgan fingerprint density at radius 3 is 2.58 bits per heavy atom. The monoisotopic (exact) mass is 440 g/mol. The minimum Gasteiger partial charge on any atom is -0.324 e. The molecule has 2 aromatic carbocycles. The summed E-state index contributed by atoms with van der Waals surface area (Å²) in [5.41, 5.74) is 4.72. The molecule has 0 aliphatic carbocycles. The number of carbonyl (C=O) groups is 1. The molecule has 31 heavy (non-hydrogen) atoms. The van der Waals surface area contributed by atoms with Crippen LogP contribution in [-0.2, 0) is 17.6 Å². The molecule has 1 saturated heterocycles. The van der Waals surface area contributed by atoms with Gasteiger partial charge in [-0.2, -0.15) is 0 Å². The Balaban J connectivity index is 1.41. The van der Waals surface area contributed by atoms with Crippen LogP contribution in [0.15, 0.2) is 41.2 Å². The molecule has 164 valence electrons. The van der Waals surface area contributed by atoms with Gasteiger partial charge in [0.25, 0.3) is 0 Å². The summed E-state index contributed by atoms with van der Waals surface area (Å²) in [4.78, 5) is 30.4. The predicted octanol–water partition coefficient (Wildman–Crippen LogP) is 4.38. The van der Waals surface area contributed by atoms with E-state index in [1.54, 1.807) is 0 Å². The number of aromatic amines is 1. The van der Waals surface area contributed by atoms with Crippen molar-refractivity contribution in [3.63, 3.8) is 0 Å². The van der Waals surface area contributed by atoms with Crippen molar-refractivity contribution in [2.45, 2.75) is 45.6 Å². The molecule has 1 aliphatic heterocycles. The van der Waals surface area contributed by atoms with Crippen molar-refractivity contribution in [3.05, 3.63) is 63.0 Å². The third kappa shape index (κ3) is 4.41. The Bertz CT molecular complexity index is 1140. The molecule has 3 aromatic rings. The minimum absolute atomic E-state index is 0.0191. The number of nitrogens with zero attached hydrogens (tertiary/aromatic N) is 2. The number of carbonyl (C=O) groups excluding carboxylic acids is 1. The minimum atomic E-state index is -0.0578. The summed E-state index contributed by atoms with van der Waals surface area (Å²) < 4.78 is 1.87. The second-order valence-corrected chi connectivity index (χ2v) is 8.55. The normalized spacial score (nSPS) is 15.5. The Morgan fingerprint density at radius 1 is 1.13 bits per heavy atom. The summed E-state index contributed by atoms with van der Waals surface area (Å²) in [5.74, 6) is -0.0191. The van der Waals surface area contributed by atoms with E-state index < -0.39 is 0 Å². The van der Waals surface area contributed by atoms with E-state index in [0.29, 0.717) is 11.6 Å². The van der Waals surface area contributed by atoms with Crippen LogP contribution in [0.4, 0.5) is 5.69 Å². The topological polar surface area (TPSA) is 70.1 Å². The first kappa shape index (κ1) is 21.7. The zero-order valence-electron chi connectivity index (χ0n) is 18.1. The van der Waals surface area contributed by atoms with E-state index >= 15 is 0 Å². The SMILES string of the molecule is CCc1ccc(Cl)c(CC)c1NC(=O)CN1CCC(n2c(=O)[nH]c3ccccc32)CC1. The van der Waals surface area contributed by atoms with Crippen LogP contribution < -0.4 is 11.0 Å². The molecule has 1 amide bonds. The molecular formula is C24H29ClN4O2. The van der Waals surface area contributed by atoms with E-state index in [1.165, 1.54) is 0 Å². The zero-order chi connectivity index (χ0) is 22.0. The average Bonchev–Trinajstić information content (AvgIpc) is 3.10. The highest BCUT2D eigenvalue weighted by Crippen LogP contribution is 2.30. The third-order valence-corrected chi connectivity index (χ3v) is 6.61. The third-order valence-electron chi connectivity index (χ3n) is 6.25. The van der Waals surface area contributed by atoms with E-state index in [-0.39, 0.29) is 17.6 Å². The summed E-state index contributed by atoms with van der Waals surface area (Å²) in [6.07, 6.45) is 3.29. The maximum atomic E-state index is 12.8. The number of likely N-dealkylation sites (tertiary alicyclic amines) is 1. The second kappa shape index (κ2) is 9.28. The fourth-order valence-electron chi connectivity index (χ4n) is 4.62. The van der Waals surface area contributed by atoms with Gasteiger partial charge in [0.15, 0.2) is 0 Å². The number of benzene rings is 2. The van der Waals surface area contributed by atoms with Gasteiger partial charge in [-0.25, -0.2) is 4.79 Å². The molecule has 1 aliphatic rings. The molecule has 0 saturated carbocycles. The molecule has 4 rings (SSSR count). The van der Waals surface area contributed by atoms with E-state index in [2.05, 4.69) is 22.1 Å². The lowest BCUT2D eigenvalue weighted by molar-refractivity contribution is -0.117. The maximum absolute atomic E-state index is 12.8. The first-order valence-corrected chi connectivity index (χ1v) is 11.4. The smallest absolute Gasteiger partial charge is 0.324 e. The molecule has 1 aromatic heterocycles. The number of hydrogen-bond donors (Lipinski definition) is 2. The molecule has 0 spiro atoms. The molecule has 1 fully saturated rings. The van der Waals surface area contributed by atoms with Gasteiger partial charge in [-0.15, -0.1) is 0 Å². The van der Waals surface area contributed by atoms with Gasteiger partial charge < -0.3 is 10.3 Å². The van der Waals surface area contributed by atoms with Crippen LogP contribution in [0.1, 0.15) is 43.9 Å². The number of H-pyrrole nitrogens is 1. The summed E-state index contributed by atoms with van der Waals surface area (Å²) >= 11 is 6.36. The summed E-state index contributed by atoms with van der Waals surface area (Å²) in [7, 11) is 0. The van der Waals surface area contributed by atoms with Crippen molar-refractivity contribution in [2.75, 3.05) is 25.0 Å². The van der Waals surface area contributed by atoms with Crippen LogP contribution in [-0.4, -0.2) is 40.0 Å². The molecule has 6 nitrogen and oxygen atoms in total. The Kier molecular flexibility index (Phi) is 6.49. The number of nitrogens with one attached hydrogen (secondary N) is 2. The summed E-state index contributed by atoms with van der Waals surface area (Å²) in [6, 6.07) is 11.8. The first-order chi connectivity index (χ1) is 15.0. The van der Waals surface area contributed by atoms with Gasteiger partial charge in [-0.05, 0) is 55.0 Å². The van der Waals surface area contributed by atoms with Gasteiger partial charge in [-0.3, -0.25) is 14.3 Å². The predicted molar refractivity (Wildman–Crippen MR) is 126 cm³/mol. The number of aryl methyl sites for hydroxylation is 1. The largest absolute Gasteiger partial charge is 0.326 e. The lowest BCUT2D eigenvalue weighted by Crippen LogP contribution is -2.41. The van der Waals surface area contributed by atoms with Crippen molar-refractivity contribution in [1.82, 2.24) is 14.5 Å². The molecule has 7 heteroatoms. The van der Waals surface area contributed by atoms with Crippen LogP contribution in [0.25, 0.3) is 11.0 Å². The van der Waals surface area contributed by atoms with Crippen LogP contribution in [0.2, 0.25) is 5.02 Å². The highest BCUT2D eigenvalue weighted by atomic mass is 35.5. The standard InChI is InChI=1S/C24H29ClN4O2/c1-3-16-9-10-19(25)18(4-2)23(16)27-22(30)15-28-13-11-17(12-14-28)29-21-8-6-5-7-20(21)26-24(29)31/h5-10,17H,3-4,11-15H2,1-2H3,(H,26,31)(H,27,30). The number of piperidine rings is 1. The fraction of sp³-hybridized carbons (Fsp3) is 0.417. The first-order valence-electron chi connectivity index (χ1n) is 11.0. The van der Waals surface area contributed by atoms with Crippen LogP contribution in [0.3, 0.4) is 0 Å². The molecule has 0 bridgehead atoms. The number of hydrogen-bond acceptors (Lipinski definition) is 3. The highest BCUT2D eigenvalue weighted by Gasteiger charge is 2.25.